The summed E-state index contributed by atoms with van der Waals surface area (Å²) >= 11 is 0. The van der Waals surface area contributed by atoms with Crippen molar-refractivity contribution in [3.8, 4) is 0 Å². The molecular weight excluding hydrogens is 200 g/mol. The third kappa shape index (κ3) is 15.6. The highest BCUT2D eigenvalue weighted by molar-refractivity contribution is 5.67. The van der Waals surface area contributed by atoms with Gasteiger partial charge in [-0.1, -0.05) is 6.92 Å². The highest BCUT2D eigenvalue weighted by atomic mass is 16.5. The van der Waals surface area contributed by atoms with Crippen molar-refractivity contribution in [2.45, 2.75) is 39.7 Å². The average Bonchev–Trinajstić information content (AvgIpc) is 2.14. The molecule has 0 saturated heterocycles. The summed E-state index contributed by atoms with van der Waals surface area (Å²) in [5, 5.41) is 8.27. The van der Waals surface area contributed by atoms with Crippen LogP contribution in [-0.2, 0) is 19.1 Å². The van der Waals surface area contributed by atoms with E-state index >= 15 is 0 Å². The SMILES string of the molecule is CCC(CC(=O)O)OC.CCOC(C)=O. The zero-order valence-corrected chi connectivity index (χ0v) is 9.78. The maximum atomic E-state index is 10.0. The van der Waals surface area contributed by atoms with Gasteiger partial charge >= 0.3 is 11.9 Å². The fraction of sp³-hybridized carbons (Fsp3) is 0.800. The van der Waals surface area contributed by atoms with Crippen molar-refractivity contribution < 1.29 is 24.2 Å². The van der Waals surface area contributed by atoms with Crippen molar-refractivity contribution >= 4 is 11.9 Å². The van der Waals surface area contributed by atoms with E-state index in [0.717, 1.165) is 6.42 Å². The van der Waals surface area contributed by atoms with Crippen LogP contribution in [0.5, 0.6) is 0 Å². The molecule has 0 aliphatic heterocycles. The fourth-order valence-electron chi connectivity index (χ4n) is 0.792. The second-order valence-corrected chi connectivity index (χ2v) is 2.79. The molecule has 0 heterocycles. The number of carboxylic acid groups (broad SMARTS) is 1. The normalized spacial score (nSPS) is 10.9. The molecule has 15 heavy (non-hydrogen) atoms. The van der Waals surface area contributed by atoms with Crippen molar-refractivity contribution in [1.29, 1.82) is 0 Å². The Bertz CT molecular complexity index is 175. The summed E-state index contributed by atoms with van der Waals surface area (Å²) in [5.74, 6) is -1.01. The van der Waals surface area contributed by atoms with Crippen LogP contribution in [0.25, 0.3) is 0 Å². The minimum absolute atomic E-state index is 0.104. The molecule has 0 aromatic carbocycles. The van der Waals surface area contributed by atoms with Crippen molar-refractivity contribution in [1.82, 2.24) is 0 Å². The minimum atomic E-state index is -0.802. The molecule has 1 unspecified atom stereocenters. The standard InChI is InChI=1S/C6H12O3.C4H8O2/c1-3-5(9-2)4-6(7)8;1-3-6-4(2)5/h5H,3-4H2,1-2H3,(H,7,8);3H2,1-2H3. The Kier molecular flexibility index (Phi) is 12.0. The highest BCUT2D eigenvalue weighted by Crippen LogP contribution is 2.00. The van der Waals surface area contributed by atoms with Gasteiger partial charge in [0.25, 0.3) is 0 Å². The van der Waals surface area contributed by atoms with Gasteiger partial charge in [-0.2, -0.15) is 0 Å². The Morgan fingerprint density at radius 1 is 1.33 bits per heavy atom. The Labute approximate surface area is 90.4 Å². The van der Waals surface area contributed by atoms with Gasteiger partial charge < -0.3 is 14.6 Å². The lowest BCUT2D eigenvalue weighted by Gasteiger charge is -2.07. The van der Waals surface area contributed by atoms with Gasteiger partial charge in [-0.3, -0.25) is 9.59 Å². The topological polar surface area (TPSA) is 72.8 Å². The molecule has 90 valence electrons. The molecule has 0 bridgehead atoms. The van der Waals surface area contributed by atoms with Crippen LogP contribution < -0.4 is 0 Å². The summed E-state index contributed by atoms with van der Waals surface area (Å²) in [4.78, 5) is 19.9. The Hall–Kier alpha value is -1.10. The lowest BCUT2D eigenvalue weighted by atomic mass is 10.2. The molecular formula is C10H20O5. The van der Waals surface area contributed by atoms with Crippen molar-refractivity contribution in [2.75, 3.05) is 13.7 Å². The van der Waals surface area contributed by atoms with E-state index in [9.17, 15) is 9.59 Å². The van der Waals surface area contributed by atoms with Crippen LogP contribution >= 0.6 is 0 Å². The van der Waals surface area contributed by atoms with Gasteiger partial charge in [0.2, 0.25) is 0 Å². The summed E-state index contributed by atoms with van der Waals surface area (Å²) in [7, 11) is 1.52. The Balaban J connectivity index is 0. The number of esters is 1. The first kappa shape index (κ1) is 16.3. The predicted molar refractivity (Wildman–Crippen MR) is 55.6 cm³/mol. The minimum Gasteiger partial charge on any atom is -0.481 e. The molecule has 0 saturated carbocycles. The van der Waals surface area contributed by atoms with E-state index in [1.165, 1.54) is 14.0 Å². The molecule has 0 aliphatic carbocycles. The monoisotopic (exact) mass is 220 g/mol. The summed E-state index contributed by atoms with van der Waals surface area (Å²) in [6.45, 7) is 5.55. The molecule has 0 aromatic heterocycles. The van der Waals surface area contributed by atoms with Crippen LogP contribution in [-0.4, -0.2) is 36.9 Å². The number of aliphatic carboxylic acids is 1. The van der Waals surface area contributed by atoms with Gasteiger partial charge in [0.1, 0.15) is 0 Å². The number of ether oxygens (including phenoxy) is 2. The first-order valence-corrected chi connectivity index (χ1v) is 4.85. The van der Waals surface area contributed by atoms with Gasteiger partial charge in [-0.15, -0.1) is 0 Å². The van der Waals surface area contributed by atoms with Gasteiger partial charge in [0, 0.05) is 14.0 Å². The molecule has 0 amide bonds. The van der Waals surface area contributed by atoms with E-state index < -0.39 is 5.97 Å². The largest absolute Gasteiger partial charge is 0.481 e. The van der Waals surface area contributed by atoms with Crippen LogP contribution in [0.4, 0.5) is 0 Å². The molecule has 0 rings (SSSR count). The highest BCUT2D eigenvalue weighted by Gasteiger charge is 2.08. The number of carbonyl (C=O) groups is 2. The lowest BCUT2D eigenvalue weighted by Crippen LogP contribution is -2.14. The number of rotatable bonds is 5. The molecule has 0 aromatic rings. The van der Waals surface area contributed by atoms with Crippen LogP contribution in [0.3, 0.4) is 0 Å². The quantitative estimate of drug-likeness (QED) is 0.710. The van der Waals surface area contributed by atoms with Crippen molar-refractivity contribution in [3.63, 3.8) is 0 Å². The molecule has 0 fully saturated rings. The smallest absolute Gasteiger partial charge is 0.305 e. The van der Waals surface area contributed by atoms with Crippen LogP contribution in [0, 0.1) is 0 Å². The average molecular weight is 220 g/mol. The molecule has 0 radical (unpaired) electrons. The first-order valence-electron chi connectivity index (χ1n) is 4.85. The van der Waals surface area contributed by atoms with Crippen molar-refractivity contribution in [3.05, 3.63) is 0 Å². The zero-order valence-electron chi connectivity index (χ0n) is 9.78. The summed E-state index contributed by atoms with van der Waals surface area (Å²) < 4.78 is 9.23. The maximum absolute atomic E-state index is 10.0. The summed E-state index contributed by atoms with van der Waals surface area (Å²) in [5.41, 5.74) is 0. The van der Waals surface area contributed by atoms with E-state index in [2.05, 4.69) is 4.74 Å². The molecule has 5 nitrogen and oxygen atoms in total. The number of hydrogen-bond donors (Lipinski definition) is 1. The number of methoxy groups -OCH3 is 1. The molecule has 1 N–H and O–H groups in total. The summed E-state index contributed by atoms with van der Waals surface area (Å²) in [6, 6.07) is 0. The van der Waals surface area contributed by atoms with E-state index in [1.54, 1.807) is 6.92 Å². The third-order valence-electron chi connectivity index (χ3n) is 1.54. The molecule has 0 aliphatic rings. The second-order valence-electron chi connectivity index (χ2n) is 2.79. The first-order chi connectivity index (χ1) is 6.97. The number of carbonyl (C=O) groups excluding carboxylic acids is 1. The molecule has 5 heteroatoms. The van der Waals surface area contributed by atoms with E-state index in [-0.39, 0.29) is 18.5 Å². The van der Waals surface area contributed by atoms with Crippen LogP contribution in [0.2, 0.25) is 0 Å². The van der Waals surface area contributed by atoms with Crippen LogP contribution in [0.15, 0.2) is 0 Å². The fourth-order valence-corrected chi connectivity index (χ4v) is 0.792. The Morgan fingerprint density at radius 2 is 1.87 bits per heavy atom. The number of hydrogen-bond acceptors (Lipinski definition) is 4. The van der Waals surface area contributed by atoms with Crippen molar-refractivity contribution in [2.24, 2.45) is 0 Å². The Morgan fingerprint density at radius 3 is 1.93 bits per heavy atom. The lowest BCUT2D eigenvalue weighted by molar-refractivity contribution is -0.141. The van der Waals surface area contributed by atoms with Gasteiger partial charge in [-0.05, 0) is 13.3 Å². The van der Waals surface area contributed by atoms with Crippen LogP contribution in [0.1, 0.15) is 33.6 Å². The molecule has 0 spiro atoms. The van der Waals surface area contributed by atoms with E-state index in [0.29, 0.717) is 6.61 Å². The second kappa shape index (κ2) is 11.0. The predicted octanol–water partition coefficient (Wildman–Crippen LogP) is 1.46. The molecule has 1 atom stereocenters. The van der Waals surface area contributed by atoms with Gasteiger partial charge in [-0.25, -0.2) is 0 Å². The van der Waals surface area contributed by atoms with Gasteiger partial charge in [0.05, 0.1) is 19.1 Å². The van der Waals surface area contributed by atoms with E-state index in [4.69, 9.17) is 9.84 Å². The zero-order chi connectivity index (χ0) is 12.3. The van der Waals surface area contributed by atoms with Gasteiger partial charge in [0.15, 0.2) is 0 Å². The van der Waals surface area contributed by atoms with E-state index in [1.807, 2.05) is 6.92 Å². The third-order valence-corrected chi connectivity index (χ3v) is 1.54. The summed E-state index contributed by atoms with van der Waals surface area (Å²) in [6.07, 6.45) is 0.734. The maximum Gasteiger partial charge on any atom is 0.305 e. The number of carboxylic acids is 1.